The summed E-state index contributed by atoms with van der Waals surface area (Å²) in [5, 5.41) is 0. The zero-order valence-electron chi connectivity index (χ0n) is 8.43. The van der Waals surface area contributed by atoms with E-state index >= 15 is 0 Å². The molecule has 0 spiro atoms. The Kier molecular flexibility index (Phi) is 2.02. The zero-order chi connectivity index (χ0) is 10.1. The van der Waals surface area contributed by atoms with Gasteiger partial charge in [-0.3, -0.25) is 4.99 Å². The maximum absolute atomic E-state index is 4.50. The van der Waals surface area contributed by atoms with E-state index in [1.54, 1.807) is 0 Å². The molecule has 2 atom stereocenters. The predicted molar refractivity (Wildman–Crippen MR) is 62.4 cm³/mol. The number of nitrogens with zero attached hydrogens (tertiary/aromatic N) is 1. The van der Waals surface area contributed by atoms with Crippen molar-refractivity contribution >= 4 is 6.21 Å². The van der Waals surface area contributed by atoms with Crippen LogP contribution < -0.4 is 0 Å². The molecule has 1 aliphatic carbocycles. The molecule has 15 heavy (non-hydrogen) atoms. The Labute approximate surface area is 89.9 Å². The third-order valence-corrected chi connectivity index (χ3v) is 3.03. The van der Waals surface area contributed by atoms with Crippen LogP contribution in [-0.4, -0.2) is 12.3 Å². The minimum absolute atomic E-state index is 0.342. The second-order valence-electron chi connectivity index (χ2n) is 3.97. The molecule has 1 aliphatic heterocycles. The molecular formula is C14H12N. The van der Waals surface area contributed by atoms with Crippen molar-refractivity contribution < 1.29 is 0 Å². The van der Waals surface area contributed by atoms with Crippen molar-refractivity contribution in [3.63, 3.8) is 0 Å². The Balaban J connectivity index is 2.10. The highest BCUT2D eigenvalue weighted by atomic mass is 14.8. The summed E-state index contributed by atoms with van der Waals surface area (Å²) in [5.41, 5.74) is 2.50. The van der Waals surface area contributed by atoms with E-state index in [4.69, 9.17) is 0 Å². The summed E-state index contributed by atoms with van der Waals surface area (Å²) in [4.78, 5) is 4.50. The lowest BCUT2D eigenvalue weighted by Crippen LogP contribution is -2.19. The normalized spacial score (nSPS) is 26.9. The molecule has 0 bridgehead atoms. The molecule has 1 aromatic rings. The first kappa shape index (κ1) is 8.66. The van der Waals surface area contributed by atoms with E-state index in [-0.39, 0.29) is 0 Å². The van der Waals surface area contributed by atoms with Crippen molar-refractivity contribution in [3.05, 3.63) is 59.7 Å². The van der Waals surface area contributed by atoms with Gasteiger partial charge in [-0.1, -0.05) is 48.6 Å². The van der Waals surface area contributed by atoms with Gasteiger partial charge in [-0.2, -0.15) is 0 Å². The standard InChI is InChI=1S/C14H12N/c1-2-8-13-12-7-5-4-6-11(12)10-15-14(13)9-3-1/h1-8,13-14H,9H2. The topological polar surface area (TPSA) is 12.4 Å². The Hall–Kier alpha value is -1.63. The highest BCUT2D eigenvalue weighted by Crippen LogP contribution is 2.32. The second-order valence-corrected chi connectivity index (χ2v) is 3.97. The average molecular weight is 194 g/mol. The summed E-state index contributed by atoms with van der Waals surface area (Å²) in [7, 11) is 0. The fourth-order valence-electron chi connectivity index (χ4n) is 2.24. The average Bonchev–Trinajstić information content (AvgIpc) is 2.54. The van der Waals surface area contributed by atoms with Crippen LogP contribution in [0.2, 0.25) is 0 Å². The molecule has 0 amide bonds. The van der Waals surface area contributed by atoms with E-state index in [1.165, 1.54) is 5.56 Å². The molecular weight excluding hydrogens is 182 g/mol. The SMILES string of the molecule is [C]1=NC2CC=CC=CC2c2ccccc21. The summed E-state index contributed by atoms with van der Waals surface area (Å²) in [6, 6.07) is 8.75. The number of hydrogen-bond acceptors (Lipinski definition) is 1. The molecule has 1 radical (unpaired) electrons. The van der Waals surface area contributed by atoms with E-state index < -0.39 is 0 Å². The summed E-state index contributed by atoms with van der Waals surface area (Å²) in [5.74, 6) is 0.428. The van der Waals surface area contributed by atoms with Crippen molar-refractivity contribution in [3.8, 4) is 0 Å². The summed E-state index contributed by atoms with van der Waals surface area (Å²) < 4.78 is 0. The van der Waals surface area contributed by atoms with Crippen LogP contribution in [0.3, 0.4) is 0 Å². The van der Waals surface area contributed by atoms with Crippen molar-refractivity contribution in [1.82, 2.24) is 0 Å². The molecule has 0 aromatic heterocycles. The van der Waals surface area contributed by atoms with Gasteiger partial charge in [-0.15, -0.1) is 0 Å². The van der Waals surface area contributed by atoms with Crippen LogP contribution in [0.25, 0.3) is 0 Å². The molecule has 1 heteroatoms. The van der Waals surface area contributed by atoms with Crippen LogP contribution in [0.5, 0.6) is 0 Å². The quantitative estimate of drug-likeness (QED) is 0.602. The van der Waals surface area contributed by atoms with Crippen LogP contribution in [-0.2, 0) is 0 Å². The minimum Gasteiger partial charge on any atom is -0.278 e. The van der Waals surface area contributed by atoms with Crippen molar-refractivity contribution in [1.29, 1.82) is 0 Å². The minimum atomic E-state index is 0.342. The van der Waals surface area contributed by atoms with E-state index in [1.807, 2.05) is 6.07 Å². The van der Waals surface area contributed by atoms with Crippen molar-refractivity contribution in [2.45, 2.75) is 18.4 Å². The van der Waals surface area contributed by atoms with Gasteiger partial charge in [0.1, 0.15) is 0 Å². The smallest absolute Gasteiger partial charge is 0.0911 e. The predicted octanol–water partition coefficient (Wildman–Crippen LogP) is 2.96. The first-order valence-electron chi connectivity index (χ1n) is 5.33. The van der Waals surface area contributed by atoms with Crippen LogP contribution in [0.1, 0.15) is 23.5 Å². The molecule has 73 valence electrons. The maximum atomic E-state index is 4.50. The Bertz CT molecular complexity index is 454. The number of rotatable bonds is 0. The van der Waals surface area contributed by atoms with E-state index in [2.05, 4.69) is 53.7 Å². The summed E-state index contributed by atoms with van der Waals surface area (Å²) >= 11 is 0. The third kappa shape index (κ3) is 1.44. The number of benzene rings is 1. The molecule has 1 heterocycles. The molecule has 3 rings (SSSR count). The van der Waals surface area contributed by atoms with Gasteiger partial charge in [0, 0.05) is 11.5 Å². The highest BCUT2D eigenvalue weighted by Gasteiger charge is 2.25. The largest absolute Gasteiger partial charge is 0.278 e. The van der Waals surface area contributed by atoms with Gasteiger partial charge in [0.2, 0.25) is 0 Å². The molecule has 0 saturated heterocycles. The highest BCUT2D eigenvalue weighted by molar-refractivity contribution is 5.84. The number of aliphatic imine (C=N–C) groups is 1. The molecule has 0 fully saturated rings. The maximum Gasteiger partial charge on any atom is 0.0911 e. The van der Waals surface area contributed by atoms with Crippen LogP contribution in [0, 0.1) is 0 Å². The van der Waals surface area contributed by atoms with Crippen LogP contribution >= 0.6 is 0 Å². The molecule has 1 nitrogen and oxygen atoms in total. The first-order valence-corrected chi connectivity index (χ1v) is 5.33. The second kappa shape index (κ2) is 3.50. The molecule has 1 aromatic carbocycles. The monoisotopic (exact) mass is 194 g/mol. The van der Waals surface area contributed by atoms with Gasteiger partial charge >= 0.3 is 0 Å². The fourth-order valence-corrected chi connectivity index (χ4v) is 2.24. The summed E-state index contributed by atoms with van der Waals surface area (Å²) in [6.07, 6.45) is 12.8. The number of allylic oxidation sites excluding steroid dienone is 2. The van der Waals surface area contributed by atoms with Crippen LogP contribution in [0.15, 0.2) is 53.6 Å². The molecule has 0 saturated carbocycles. The Morgan fingerprint density at radius 2 is 2.13 bits per heavy atom. The van der Waals surface area contributed by atoms with Gasteiger partial charge < -0.3 is 0 Å². The van der Waals surface area contributed by atoms with E-state index in [0.29, 0.717) is 12.0 Å². The Morgan fingerprint density at radius 1 is 1.20 bits per heavy atom. The van der Waals surface area contributed by atoms with Crippen molar-refractivity contribution in [2.24, 2.45) is 4.99 Å². The van der Waals surface area contributed by atoms with Gasteiger partial charge in [-0.05, 0) is 12.0 Å². The van der Waals surface area contributed by atoms with E-state index in [9.17, 15) is 0 Å². The lowest BCUT2D eigenvalue weighted by atomic mass is 9.85. The van der Waals surface area contributed by atoms with Gasteiger partial charge in [0.15, 0.2) is 0 Å². The van der Waals surface area contributed by atoms with E-state index in [0.717, 1.165) is 12.0 Å². The third-order valence-electron chi connectivity index (χ3n) is 3.03. The van der Waals surface area contributed by atoms with Crippen LogP contribution in [0.4, 0.5) is 0 Å². The summed E-state index contributed by atoms with van der Waals surface area (Å²) in [6.45, 7) is 0. The molecule has 0 N–H and O–H groups in total. The van der Waals surface area contributed by atoms with Crippen molar-refractivity contribution in [2.75, 3.05) is 0 Å². The molecule has 2 unspecified atom stereocenters. The number of hydrogen-bond donors (Lipinski definition) is 0. The van der Waals surface area contributed by atoms with Gasteiger partial charge in [0.25, 0.3) is 0 Å². The van der Waals surface area contributed by atoms with Gasteiger partial charge in [-0.25, -0.2) is 0 Å². The number of fused-ring (bicyclic) bond motifs is 3. The lowest BCUT2D eigenvalue weighted by Gasteiger charge is -2.24. The van der Waals surface area contributed by atoms with Gasteiger partial charge in [0.05, 0.1) is 12.3 Å². The Morgan fingerprint density at radius 3 is 3.13 bits per heavy atom. The lowest BCUT2D eigenvalue weighted by molar-refractivity contribution is 0.615. The zero-order valence-corrected chi connectivity index (χ0v) is 8.43. The molecule has 2 aliphatic rings. The fraction of sp³-hybridized carbons (Fsp3) is 0.214. The first-order chi connectivity index (χ1) is 7.45.